The number of hydrogen-bond donors (Lipinski definition) is 3. The molecule has 9 nitrogen and oxygen atoms in total. The molecule has 4 rings (SSSR count). The molecule has 3 amide bonds. The number of amides is 3. The molecule has 2 aromatic carbocycles. The minimum absolute atomic E-state index is 0.0320. The van der Waals surface area contributed by atoms with E-state index in [-0.39, 0.29) is 42.4 Å². The van der Waals surface area contributed by atoms with Gasteiger partial charge < -0.3 is 21.1 Å². The molecule has 0 bridgehead atoms. The lowest BCUT2D eigenvalue weighted by molar-refractivity contribution is 0.0996. The second kappa shape index (κ2) is 9.51. The van der Waals surface area contributed by atoms with Crippen molar-refractivity contribution >= 4 is 29.2 Å². The third kappa shape index (κ3) is 4.44. The van der Waals surface area contributed by atoms with Gasteiger partial charge in [-0.1, -0.05) is 11.6 Å². The summed E-state index contributed by atoms with van der Waals surface area (Å²) in [6.07, 6.45) is 0.275. The van der Waals surface area contributed by atoms with Crippen LogP contribution >= 0.6 is 11.6 Å². The van der Waals surface area contributed by atoms with Gasteiger partial charge in [-0.15, -0.1) is 0 Å². The maximum atomic E-state index is 13.7. The van der Waals surface area contributed by atoms with Gasteiger partial charge in [-0.05, 0) is 48.9 Å². The number of halogens is 2. The fourth-order valence-electron chi connectivity index (χ4n) is 3.95. The summed E-state index contributed by atoms with van der Waals surface area (Å²) in [4.78, 5) is 26.9. The predicted molar refractivity (Wildman–Crippen MR) is 122 cm³/mol. The van der Waals surface area contributed by atoms with Gasteiger partial charge in [0.15, 0.2) is 0 Å². The van der Waals surface area contributed by atoms with Gasteiger partial charge in [0.2, 0.25) is 0 Å². The minimum atomic E-state index is -0.756. The Kier molecular flexibility index (Phi) is 6.49. The standard InChI is InChI=1S/C23H20ClFN6O3/c24-17-9-14(3-6-18(17)25)21-20(22(27)33)19-12-30(11-16(7-8-32)31(19)29-21)23(34)28-15-4-1-13(10-26)2-5-15/h1-6,9,16,32H,7-8,11-12H2,(H2,27,33)(H,28,34). The number of aliphatic hydroxyl groups is 1. The number of primary amides is 1. The second-order valence-corrected chi connectivity index (χ2v) is 8.18. The van der Waals surface area contributed by atoms with Gasteiger partial charge in [0, 0.05) is 24.4 Å². The number of nitrogens with zero attached hydrogens (tertiary/aromatic N) is 4. The monoisotopic (exact) mass is 482 g/mol. The molecule has 0 fully saturated rings. The van der Waals surface area contributed by atoms with Crippen LogP contribution in [0, 0.1) is 17.1 Å². The molecule has 4 N–H and O–H groups in total. The highest BCUT2D eigenvalue weighted by atomic mass is 35.5. The number of rotatable bonds is 5. The normalized spacial score (nSPS) is 14.9. The van der Waals surface area contributed by atoms with Gasteiger partial charge in [0.05, 0.1) is 40.5 Å². The van der Waals surface area contributed by atoms with Crippen molar-refractivity contribution in [2.75, 3.05) is 18.5 Å². The summed E-state index contributed by atoms with van der Waals surface area (Å²) in [5, 5.41) is 25.7. The van der Waals surface area contributed by atoms with E-state index in [1.54, 1.807) is 28.9 Å². The molecule has 174 valence electrons. The van der Waals surface area contributed by atoms with Gasteiger partial charge in [-0.2, -0.15) is 10.4 Å². The van der Waals surface area contributed by atoms with Crippen molar-refractivity contribution in [2.45, 2.75) is 19.0 Å². The number of carbonyl (C=O) groups excluding carboxylic acids is 2. The number of carbonyl (C=O) groups is 2. The summed E-state index contributed by atoms with van der Waals surface area (Å²) in [7, 11) is 0. The van der Waals surface area contributed by atoms with Crippen LogP contribution in [0.4, 0.5) is 14.9 Å². The fraction of sp³-hybridized carbons (Fsp3) is 0.217. The summed E-state index contributed by atoms with van der Waals surface area (Å²) in [6, 6.07) is 11.5. The first-order valence-corrected chi connectivity index (χ1v) is 10.7. The third-order valence-electron chi connectivity index (χ3n) is 5.58. The van der Waals surface area contributed by atoms with E-state index in [9.17, 15) is 19.1 Å². The van der Waals surface area contributed by atoms with Crippen LogP contribution in [0.25, 0.3) is 11.3 Å². The number of urea groups is 1. The average molecular weight is 483 g/mol. The molecule has 2 heterocycles. The molecule has 1 aliphatic heterocycles. The van der Waals surface area contributed by atoms with E-state index in [4.69, 9.17) is 22.6 Å². The summed E-state index contributed by atoms with van der Waals surface area (Å²) in [6.45, 7) is 0.0854. The fourth-order valence-corrected chi connectivity index (χ4v) is 4.13. The molecule has 34 heavy (non-hydrogen) atoms. The zero-order valence-corrected chi connectivity index (χ0v) is 18.6. The van der Waals surface area contributed by atoms with Crippen molar-refractivity contribution in [1.29, 1.82) is 5.26 Å². The number of nitrogens with two attached hydrogens (primary N) is 1. The van der Waals surface area contributed by atoms with E-state index >= 15 is 0 Å². The molecule has 1 aliphatic rings. The van der Waals surface area contributed by atoms with Crippen LogP contribution in [0.3, 0.4) is 0 Å². The molecular weight excluding hydrogens is 463 g/mol. The van der Waals surface area contributed by atoms with Gasteiger partial charge in [0.1, 0.15) is 11.5 Å². The van der Waals surface area contributed by atoms with E-state index in [0.29, 0.717) is 22.5 Å². The second-order valence-electron chi connectivity index (χ2n) is 7.77. The number of benzene rings is 2. The van der Waals surface area contributed by atoms with Gasteiger partial charge in [-0.3, -0.25) is 9.48 Å². The first kappa shape index (κ1) is 23.2. The van der Waals surface area contributed by atoms with Crippen LogP contribution in [0.15, 0.2) is 42.5 Å². The molecule has 11 heteroatoms. The van der Waals surface area contributed by atoms with Crippen LogP contribution in [0.2, 0.25) is 5.02 Å². The number of nitriles is 1. The highest BCUT2D eigenvalue weighted by Crippen LogP contribution is 2.34. The molecule has 1 atom stereocenters. The Bertz CT molecular complexity index is 1300. The lowest BCUT2D eigenvalue weighted by Crippen LogP contribution is -2.44. The third-order valence-corrected chi connectivity index (χ3v) is 5.87. The number of aliphatic hydroxyl groups excluding tert-OH is 1. The zero-order chi connectivity index (χ0) is 24.4. The SMILES string of the molecule is N#Cc1ccc(NC(=O)N2Cc3c(C(N)=O)c(-c4ccc(F)c(Cl)c4)nn3C(CCO)C2)cc1. The maximum absolute atomic E-state index is 13.7. The first-order valence-electron chi connectivity index (χ1n) is 10.4. The smallest absolute Gasteiger partial charge is 0.322 e. The molecule has 0 spiro atoms. The summed E-state index contributed by atoms with van der Waals surface area (Å²) in [5.74, 6) is -1.37. The molecule has 1 unspecified atom stereocenters. The summed E-state index contributed by atoms with van der Waals surface area (Å²) < 4.78 is 15.3. The Hall–Kier alpha value is -3.94. The van der Waals surface area contributed by atoms with Crippen LogP contribution in [0.5, 0.6) is 0 Å². The van der Waals surface area contributed by atoms with Gasteiger partial charge in [-0.25, -0.2) is 9.18 Å². The first-order chi connectivity index (χ1) is 16.3. The summed E-state index contributed by atoms with van der Waals surface area (Å²) >= 11 is 5.92. The van der Waals surface area contributed by atoms with E-state index in [1.165, 1.54) is 23.1 Å². The Morgan fingerprint density at radius 2 is 2.03 bits per heavy atom. The minimum Gasteiger partial charge on any atom is -0.396 e. The quantitative estimate of drug-likeness (QED) is 0.512. The largest absolute Gasteiger partial charge is 0.396 e. The Morgan fingerprint density at radius 1 is 1.29 bits per heavy atom. The number of aromatic nitrogens is 2. The topological polar surface area (TPSA) is 137 Å². The molecule has 3 aromatic rings. The van der Waals surface area contributed by atoms with E-state index in [1.807, 2.05) is 6.07 Å². The molecule has 0 saturated heterocycles. The van der Waals surface area contributed by atoms with E-state index in [0.717, 1.165) is 0 Å². The predicted octanol–water partition coefficient (Wildman–Crippen LogP) is 3.28. The van der Waals surface area contributed by atoms with E-state index in [2.05, 4.69) is 10.4 Å². The number of anilines is 1. The van der Waals surface area contributed by atoms with Crippen molar-refractivity contribution in [3.8, 4) is 17.3 Å². The average Bonchev–Trinajstić information content (AvgIpc) is 3.21. The number of nitrogens with one attached hydrogen (secondary N) is 1. The van der Waals surface area contributed by atoms with Gasteiger partial charge in [0.25, 0.3) is 5.91 Å². The Morgan fingerprint density at radius 3 is 2.65 bits per heavy atom. The van der Waals surface area contributed by atoms with Crippen molar-refractivity contribution in [3.63, 3.8) is 0 Å². The van der Waals surface area contributed by atoms with Crippen LogP contribution < -0.4 is 11.1 Å². The molecule has 1 aromatic heterocycles. The zero-order valence-electron chi connectivity index (χ0n) is 17.8. The number of hydrogen-bond acceptors (Lipinski definition) is 5. The molecular formula is C23H20ClFN6O3. The highest BCUT2D eigenvalue weighted by Gasteiger charge is 2.34. The van der Waals surface area contributed by atoms with Crippen LogP contribution in [-0.4, -0.2) is 44.9 Å². The number of fused-ring (bicyclic) bond motifs is 1. The van der Waals surface area contributed by atoms with E-state index < -0.39 is 23.8 Å². The summed E-state index contributed by atoms with van der Waals surface area (Å²) in [5.41, 5.74) is 7.77. The van der Waals surface area contributed by atoms with Crippen molar-refractivity contribution in [2.24, 2.45) is 5.73 Å². The highest BCUT2D eigenvalue weighted by molar-refractivity contribution is 6.31. The van der Waals surface area contributed by atoms with Gasteiger partial charge >= 0.3 is 6.03 Å². The van der Waals surface area contributed by atoms with Crippen LogP contribution in [-0.2, 0) is 6.54 Å². The van der Waals surface area contributed by atoms with Crippen LogP contribution in [0.1, 0.15) is 34.1 Å². The lowest BCUT2D eigenvalue weighted by atomic mass is 10.0. The molecule has 0 saturated carbocycles. The van der Waals surface area contributed by atoms with Crippen molar-refractivity contribution < 1.29 is 19.1 Å². The Balaban J connectivity index is 1.70. The van der Waals surface area contributed by atoms with Crippen molar-refractivity contribution in [1.82, 2.24) is 14.7 Å². The van der Waals surface area contributed by atoms with Crippen molar-refractivity contribution in [3.05, 3.63) is 70.1 Å². The lowest BCUT2D eigenvalue weighted by Gasteiger charge is -2.34. The maximum Gasteiger partial charge on any atom is 0.322 e. The molecule has 0 radical (unpaired) electrons. The Labute approximate surface area is 199 Å². The molecule has 0 aliphatic carbocycles.